The zero-order valence-electron chi connectivity index (χ0n) is 12.2. The highest BCUT2D eigenvalue weighted by molar-refractivity contribution is 9.10. The number of benzene rings is 2. The summed E-state index contributed by atoms with van der Waals surface area (Å²) in [7, 11) is 0. The first kappa shape index (κ1) is 16.7. The van der Waals surface area contributed by atoms with E-state index in [1.54, 1.807) is 18.3 Å². The molecule has 0 fully saturated rings. The predicted molar refractivity (Wildman–Crippen MR) is 93.4 cm³/mol. The Morgan fingerprint density at radius 1 is 1.12 bits per heavy atom. The van der Waals surface area contributed by atoms with Gasteiger partial charge < -0.3 is 0 Å². The summed E-state index contributed by atoms with van der Waals surface area (Å²) < 4.78 is 26.7. The van der Waals surface area contributed by atoms with E-state index in [9.17, 15) is 13.6 Å². The first-order valence-corrected chi connectivity index (χ1v) is 8.58. The van der Waals surface area contributed by atoms with Crippen LogP contribution in [0.3, 0.4) is 0 Å². The van der Waals surface area contributed by atoms with Crippen molar-refractivity contribution < 1.29 is 13.6 Å². The van der Waals surface area contributed by atoms with Gasteiger partial charge in [0.05, 0.1) is 5.56 Å². The van der Waals surface area contributed by atoms with Gasteiger partial charge >= 0.3 is 0 Å². The lowest BCUT2D eigenvalue weighted by atomic mass is 10.1. The lowest BCUT2D eigenvalue weighted by molar-refractivity contribution is 0.102. The van der Waals surface area contributed by atoms with Crippen molar-refractivity contribution in [2.75, 3.05) is 5.32 Å². The van der Waals surface area contributed by atoms with E-state index in [1.807, 2.05) is 0 Å². The van der Waals surface area contributed by atoms with Crippen LogP contribution in [0.15, 0.2) is 53.1 Å². The smallest absolute Gasteiger partial charge is 0.258 e. The summed E-state index contributed by atoms with van der Waals surface area (Å²) in [4.78, 5) is 17.3. The van der Waals surface area contributed by atoms with Crippen molar-refractivity contribution in [3.63, 3.8) is 0 Å². The van der Waals surface area contributed by atoms with Crippen LogP contribution in [0.2, 0.25) is 0 Å². The van der Waals surface area contributed by atoms with E-state index >= 15 is 0 Å². The number of nitrogens with zero attached hydrogens (tertiary/aromatic N) is 1. The van der Waals surface area contributed by atoms with Crippen LogP contribution in [0.5, 0.6) is 0 Å². The minimum absolute atomic E-state index is 0.199. The van der Waals surface area contributed by atoms with Gasteiger partial charge in [0.15, 0.2) is 5.13 Å². The van der Waals surface area contributed by atoms with Gasteiger partial charge in [0, 0.05) is 22.0 Å². The minimum atomic E-state index is -0.487. The molecule has 3 rings (SSSR count). The number of halogens is 3. The van der Waals surface area contributed by atoms with Crippen molar-refractivity contribution in [2.45, 2.75) is 6.42 Å². The molecular formula is C17H11BrF2N2OS. The van der Waals surface area contributed by atoms with E-state index in [0.29, 0.717) is 16.0 Å². The van der Waals surface area contributed by atoms with E-state index in [-0.39, 0.29) is 11.4 Å². The van der Waals surface area contributed by atoms with Crippen LogP contribution in [0.25, 0.3) is 0 Å². The van der Waals surface area contributed by atoms with Gasteiger partial charge in [-0.25, -0.2) is 13.8 Å². The van der Waals surface area contributed by atoms with E-state index in [2.05, 4.69) is 26.2 Å². The van der Waals surface area contributed by atoms with Gasteiger partial charge in [-0.3, -0.25) is 10.1 Å². The number of carbonyl (C=O) groups is 1. The first-order valence-electron chi connectivity index (χ1n) is 6.97. The molecule has 0 spiro atoms. The first-order chi connectivity index (χ1) is 11.5. The molecule has 0 bridgehead atoms. The van der Waals surface area contributed by atoms with Gasteiger partial charge in [0.2, 0.25) is 0 Å². The number of rotatable bonds is 4. The second kappa shape index (κ2) is 7.19. The number of anilines is 1. The molecule has 1 aromatic heterocycles. The van der Waals surface area contributed by atoms with Gasteiger partial charge in [-0.1, -0.05) is 12.1 Å². The number of amides is 1. The molecule has 0 aliphatic rings. The van der Waals surface area contributed by atoms with E-state index in [1.165, 1.54) is 35.6 Å². The molecule has 0 saturated heterocycles. The molecule has 0 atom stereocenters. The second-order valence-corrected chi connectivity index (χ2v) is 6.98. The van der Waals surface area contributed by atoms with Crippen molar-refractivity contribution in [1.29, 1.82) is 0 Å². The molecule has 2 aromatic carbocycles. The fourth-order valence-corrected chi connectivity index (χ4v) is 3.35. The molecule has 0 saturated carbocycles. The number of nitrogens with one attached hydrogen (secondary N) is 1. The minimum Gasteiger partial charge on any atom is -0.298 e. The fraction of sp³-hybridized carbons (Fsp3) is 0.0588. The average Bonchev–Trinajstić information content (AvgIpc) is 2.99. The molecule has 0 aliphatic carbocycles. The van der Waals surface area contributed by atoms with Crippen LogP contribution in [-0.4, -0.2) is 10.9 Å². The van der Waals surface area contributed by atoms with Crippen LogP contribution in [0, 0.1) is 11.6 Å². The molecule has 0 radical (unpaired) electrons. The highest BCUT2D eigenvalue weighted by Crippen LogP contribution is 2.24. The maximum atomic E-state index is 13.3. The molecule has 122 valence electrons. The highest BCUT2D eigenvalue weighted by Gasteiger charge is 2.13. The van der Waals surface area contributed by atoms with Gasteiger partial charge in [-0.15, -0.1) is 11.3 Å². The Labute approximate surface area is 149 Å². The molecule has 1 N–H and O–H groups in total. The van der Waals surface area contributed by atoms with Crippen molar-refractivity contribution in [1.82, 2.24) is 4.98 Å². The Hall–Kier alpha value is -2.12. The SMILES string of the molecule is O=C(Nc1ncc(Cc2ccc(F)cc2)s1)c1cc(F)ccc1Br. The number of hydrogen-bond donors (Lipinski definition) is 1. The van der Waals surface area contributed by atoms with Crippen LogP contribution in [0.1, 0.15) is 20.8 Å². The maximum absolute atomic E-state index is 13.3. The van der Waals surface area contributed by atoms with Gasteiger partial charge in [0.25, 0.3) is 5.91 Å². The fourth-order valence-electron chi connectivity index (χ4n) is 2.09. The molecule has 3 nitrogen and oxygen atoms in total. The normalized spacial score (nSPS) is 10.6. The maximum Gasteiger partial charge on any atom is 0.258 e. The van der Waals surface area contributed by atoms with Gasteiger partial charge in [-0.05, 0) is 51.8 Å². The monoisotopic (exact) mass is 408 g/mol. The molecule has 0 unspecified atom stereocenters. The van der Waals surface area contributed by atoms with Crippen LogP contribution in [-0.2, 0) is 6.42 Å². The molecule has 1 amide bonds. The number of aromatic nitrogens is 1. The van der Waals surface area contributed by atoms with Gasteiger partial charge in [-0.2, -0.15) is 0 Å². The Bertz CT molecular complexity index is 881. The van der Waals surface area contributed by atoms with Crippen LogP contribution < -0.4 is 5.32 Å². The van der Waals surface area contributed by atoms with Crippen molar-refractivity contribution in [3.05, 3.63) is 80.8 Å². The number of hydrogen-bond acceptors (Lipinski definition) is 3. The van der Waals surface area contributed by atoms with E-state index < -0.39 is 11.7 Å². The topological polar surface area (TPSA) is 42.0 Å². The number of carbonyl (C=O) groups excluding carboxylic acids is 1. The third-order valence-electron chi connectivity index (χ3n) is 3.24. The highest BCUT2D eigenvalue weighted by atomic mass is 79.9. The van der Waals surface area contributed by atoms with Crippen LogP contribution >= 0.6 is 27.3 Å². The summed E-state index contributed by atoms with van der Waals surface area (Å²) in [5.74, 6) is -1.21. The summed E-state index contributed by atoms with van der Waals surface area (Å²) >= 11 is 4.54. The lowest BCUT2D eigenvalue weighted by Gasteiger charge is -2.04. The quantitative estimate of drug-likeness (QED) is 0.657. The third-order valence-corrected chi connectivity index (χ3v) is 4.84. The molecule has 0 aliphatic heterocycles. The summed E-state index contributed by atoms with van der Waals surface area (Å²) in [6, 6.07) is 10.1. The van der Waals surface area contributed by atoms with Crippen molar-refractivity contribution >= 4 is 38.3 Å². The summed E-state index contributed by atoms with van der Waals surface area (Å²) in [6.07, 6.45) is 2.25. The molecule has 7 heteroatoms. The van der Waals surface area contributed by atoms with E-state index in [0.717, 1.165) is 16.5 Å². The van der Waals surface area contributed by atoms with Crippen molar-refractivity contribution in [2.24, 2.45) is 0 Å². The molecule has 1 heterocycles. The largest absolute Gasteiger partial charge is 0.298 e. The Balaban J connectivity index is 1.70. The summed E-state index contributed by atoms with van der Waals surface area (Å²) in [5, 5.41) is 3.08. The lowest BCUT2D eigenvalue weighted by Crippen LogP contribution is -2.12. The number of thiazole rings is 1. The van der Waals surface area contributed by atoms with E-state index in [4.69, 9.17) is 0 Å². The average molecular weight is 409 g/mol. The Kier molecular flexibility index (Phi) is 5.01. The van der Waals surface area contributed by atoms with Crippen molar-refractivity contribution in [3.8, 4) is 0 Å². The standard InChI is InChI=1S/C17H11BrF2N2OS/c18-15-6-5-12(20)8-14(15)16(23)22-17-21-9-13(24-17)7-10-1-3-11(19)4-2-10/h1-6,8-9H,7H2,(H,21,22,23). The zero-order valence-corrected chi connectivity index (χ0v) is 14.6. The van der Waals surface area contributed by atoms with Gasteiger partial charge in [0.1, 0.15) is 11.6 Å². The van der Waals surface area contributed by atoms with Crippen LogP contribution in [0.4, 0.5) is 13.9 Å². The summed E-state index contributed by atoms with van der Waals surface area (Å²) in [6.45, 7) is 0. The predicted octanol–water partition coefficient (Wildman–Crippen LogP) is 5.03. The zero-order chi connectivity index (χ0) is 17.1. The molecule has 24 heavy (non-hydrogen) atoms. The third kappa shape index (κ3) is 4.04. The Morgan fingerprint density at radius 3 is 2.58 bits per heavy atom. The molecule has 3 aromatic rings. The second-order valence-electron chi connectivity index (χ2n) is 5.01. The molecular weight excluding hydrogens is 398 g/mol. The Morgan fingerprint density at radius 2 is 1.83 bits per heavy atom. The summed E-state index contributed by atoms with van der Waals surface area (Å²) in [5.41, 5.74) is 1.15.